The summed E-state index contributed by atoms with van der Waals surface area (Å²) >= 11 is 0. The summed E-state index contributed by atoms with van der Waals surface area (Å²) in [5, 5.41) is 9.96. The van der Waals surface area contributed by atoms with Crippen LogP contribution in [0.3, 0.4) is 0 Å². The number of carbonyl (C=O) groups is 1. The van der Waals surface area contributed by atoms with Crippen LogP contribution < -0.4 is 10.9 Å². The molecule has 1 aromatic heterocycles. The molecule has 0 bridgehead atoms. The van der Waals surface area contributed by atoms with E-state index in [9.17, 15) is 27.2 Å². The number of rotatable bonds is 4. The van der Waals surface area contributed by atoms with E-state index in [1.54, 1.807) is 6.92 Å². The van der Waals surface area contributed by atoms with E-state index in [0.717, 1.165) is 28.9 Å². The third-order valence-corrected chi connectivity index (χ3v) is 4.09. The average molecular weight is 394 g/mol. The lowest BCUT2D eigenvalue weighted by molar-refractivity contribution is -0.137. The number of hydrogen-bond donors (Lipinski definition) is 1. The average Bonchev–Trinajstić information content (AvgIpc) is 2.64. The van der Waals surface area contributed by atoms with E-state index < -0.39 is 41.6 Å². The topological polar surface area (TPSA) is 76.9 Å². The SMILES string of the molecule is CC(NC(=O)Cn1nnc2ccc(F)cc2c1=O)c1ccc(C(F)(F)F)cc1. The zero-order chi connectivity index (χ0) is 20.5. The smallest absolute Gasteiger partial charge is 0.348 e. The Morgan fingerprint density at radius 3 is 2.50 bits per heavy atom. The molecule has 0 aliphatic rings. The fraction of sp³-hybridized carbons (Fsp3) is 0.222. The van der Waals surface area contributed by atoms with Gasteiger partial charge >= 0.3 is 6.18 Å². The standard InChI is InChI=1S/C18H14F4N4O2/c1-10(11-2-4-12(5-3-11)18(20,21)22)23-16(27)9-26-17(28)14-8-13(19)6-7-15(14)24-25-26/h2-8,10H,9H2,1H3,(H,23,27). The van der Waals surface area contributed by atoms with Crippen LogP contribution in [-0.2, 0) is 17.5 Å². The Kier molecular flexibility index (Phi) is 5.12. The van der Waals surface area contributed by atoms with Crippen molar-refractivity contribution < 1.29 is 22.4 Å². The molecule has 3 rings (SSSR count). The number of nitrogens with one attached hydrogen (secondary N) is 1. The van der Waals surface area contributed by atoms with E-state index in [1.807, 2.05) is 0 Å². The van der Waals surface area contributed by atoms with Gasteiger partial charge in [-0.05, 0) is 42.8 Å². The zero-order valence-corrected chi connectivity index (χ0v) is 14.5. The summed E-state index contributed by atoms with van der Waals surface area (Å²) in [6, 6.07) is 7.21. The highest BCUT2D eigenvalue weighted by Gasteiger charge is 2.30. The van der Waals surface area contributed by atoms with Crippen LogP contribution in [0.4, 0.5) is 17.6 Å². The van der Waals surface area contributed by atoms with Gasteiger partial charge in [-0.1, -0.05) is 17.3 Å². The van der Waals surface area contributed by atoms with E-state index in [2.05, 4.69) is 15.6 Å². The summed E-state index contributed by atoms with van der Waals surface area (Å²) in [5.41, 5.74) is -0.816. The van der Waals surface area contributed by atoms with Crippen LogP contribution >= 0.6 is 0 Å². The van der Waals surface area contributed by atoms with Gasteiger partial charge in [-0.3, -0.25) is 9.59 Å². The summed E-state index contributed by atoms with van der Waals surface area (Å²) in [7, 11) is 0. The molecule has 2 aromatic carbocycles. The van der Waals surface area contributed by atoms with Crippen molar-refractivity contribution >= 4 is 16.8 Å². The largest absolute Gasteiger partial charge is 0.416 e. The Morgan fingerprint density at radius 1 is 1.18 bits per heavy atom. The third-order valence-electron chi connectivity index (χ3n) is 4.09. The van der Waals surface area contributed by atoms with Gasteiger partial charge in [0, 0.05) is 0 Å². The highest BCUT2D eigenvalue weighted by molar-refractivity contribution is 5.78. The van der Waals surface area contributed by atoms with Crippen molar-refractivity contribution in [2.45, 2.75) is 25.7 Å². The molecule has 0 saturated carbocycles. The molecule has 0 aliphatic carbocycles. The summed E-state index contributed by atoms with van der Waals surface area (Å²) < 4.78 is 51.9. The van der Waals surface area contributed by atoms with Crippen LogP contribution in [0.5, 0.6) is 0 Å². The molecule has 28 heavy (non-hydrogen) atoms. The Bertz CT molecular complexity index is 1080. The maximum Gasteiger partial charge on any atom is 0.416 e. The maximum atomic E-state index is 13.3. The van der Waals surface area contributed by atoms with Crippen molar-refractivity contribution in [3.8, 4) is 0 Å². The molecule has 0 spiro atoms. The number of alkyl halides is 3. The molecule has 1 amide bonds. The molecule has 1 unspecified atom stereocenters. The van der Waals surface area contributed by atoms with E-state index in [0.29, 0.717) is 5.56 Å². The van der Waals surface area contributed by atoms with Crippen LogP contribution in [0, 0.1) is 5.82 Å². The molecule has 10 heteroatoms. The van der Waals surface area contributed by atoms with Crippen LogP contribution in [0.15, 0.2) is 47.3 Å². The second-order valence-corrected chi connectivity index (χ2v) is 6.12. The van der Waals surface area contributed by atoms with Crippen LogP contribution in [0.1, 0.15) is 24.1 Å². The van der Waals surface area contributed by atoms with Crippen LogP contribution in [0.25, 0.3) is 10.9 Å². The van der Waals surface area contributed by atoms with Crippen molar-refractivity contribution in [1.82, 2.24) is 20.3 Å². The number of hydrogen-bond acceptors (Lipinski definition) is 4. The molecule has 146 valence electrons. The van der Waals surface area contributed by atoms with E-state index in [-0.39, 0.29) is 10.9 Å². The van der Waals surface area contributed by atoms with Crippen LogP contribution in [-0.4, -0.2) is 20.9 Å². The molecule has 0 aliphatic heterocycles. The molecular formula is C18H14F4N4O2. The van der Waals surface area contributed by atoms with Crippen molar-refractivity contribution in [3.63, 3.8) is 0 Å². The van der Waals surface area contributed by atoms with Gasteiger partial charge in [-0.25, -0.2) is 9.07 Å². The number of amides is 1. The molecule has 6 nitrogen and oxygen atoms in total. The summed E-state index contributed by atoms with van der Waals surface area (Å²) in [6.07, 6.45) is -4.44. The first-order valence-corrected chi connectivity index (χ1v) is 8.15. The molecule has 0 radical (unpaired) electrons. The van der Waals surface area contributed by atoms with Crippen LogP contribution in [0.2, 0.25) is 0 Å². The molecule has 0 saturated heterocycles. The van der Waals surface area contributed by atoms with E-state index in [1.165, 1.54) is 18.2 Å². The Hall–Kier alpha value is -3.30. The molecule has 3 aromatic rings. The highest BCUT2D eigenvalue weighted by atomic mass is 19.4. The molecule has 0 fully saturated rings. The summed E-state index contributed by atoms with van der Waals surface area (Å²) in [6.45, 7) is 1.12. The molecule has 1 heterocycles. The fourth-order valence-electron chi connectivity index (χ4n) is 2.62. The van der Waals surface area contributed by atoms with Crippen molar-refractivity contribution in [2.24, 2.45) is 0 Å². The van der Waals surface area contributed by atoms with Gasteiger partial charge in [-0.2, -0.15) is 13.2 Å². The minimum absolute atomic E-state index is 0.0152. The number of nitrogens with zero attached hydrogens (tertiary/aromatic N) is 3. The summed E-state index contributed by atoms with van der Waals surface area (Å²) in [5.74, 6) is -1.22. The number of benzene rings is 2. The number of aromatic nitrogens is 3. The lowest BCUT2D eigenvalue weighted by atomic mass is 10.1. The Labute approximate surface area is 155 Å². The monoisotopic (exact) mass is 394 g/mol. The predicted molar refractivity (Wildman–Crippen MR) is 91.8 cm³/mol. The number of halogens is 4. The highest BCUT2D eigenvalue weighted by Crippen LogP contribution is 2.29. The third kappa shape index (κ3) is 4.16. The van der Waals surface area contributed by atoms with Gasteiger partial charge < -0.3 is 5.32 Å². The minimum atomic E-state index is -4.44. The normalized spacial score (nSPS) is 12.8. The van der Waals surface area contributed by atoms with Gasteiger partial charge in [0.15, 0.2) is 0 Å². The summed E-state index contributed by atoms with van der Waals surface area (Å²) in [4.78, 5) is 24.5. The first-order valence-electron chi connectivity index (χ1n) is 8.15. The lowest BCUT2D eigenvalue weighted by Gasteiger charge is -2.15. The number of fused-ring (bicyclic) bond motifs is 1. The second kappa shape index (κ2) is 7.37. The first-order chi connectivity index (χ1) is 13.1. The Balaban J connectivity index is 1.72. The Morgan fingerprint density at radius 2 is 1.86 bits per heavy atom. The van der Waals surface area contributed by atoms with E-state index >= 15 is 0 Å². The molecular weight excluding hydrogens is 380 g/mol. The maximum absolute atomic E-state index is 13.3. The lowest BCUT2D eigenvalue weighted by Crippen LogP contribution is -2.35. The van der Waals surface area contributed by atoms with Gasteiger partial charge in [0.1, 0.15) is 17.9 Å². The van der Waals surface area contributed by atoms with E-state index in [4.69, 9.17) is 0 Å². The fourth-order valence-corrected chi connectivity index (χ4v) is 2.62. The predicted octanol–water partition coefficient (Wildman–Crippen LogP) is 2.83. The van der Waals surface area contributed by atoms with Crippen molar-refractivity contribution in [1.29, 1.82) is 0 Å². The van der Waals surface area contributed by atoms with Gasteiger partial charge in [-0.15, -0.1) is 5.10 Å². The first kappa shape index (κ1) is 19.5. The minimum Gasteiger partial charge on any atom is -0.348 e. The second-order valence-electron chi connectivity index (χ2n) is 6.12. The number of carbonyl (C=O) groups excluding carboxylic acids is 1. The zero-order valence-electron chi connectivity index (χ0n) is 14.5. The van der Waals surface area contributed by atoms with Gasteiger partial charge in [0.25, 0.3) is 5.56 Å². The molecule has 1 N–H and O–H groups in total. The van der Waals surface area contributed by atoms with Crippen molar-refractivity contribution in [3.05, 3.63) is 69.8 Å². The van der Waals surface area contributed by atoms with Crippen molar-refractivity contribution in [2.75, 3.05) is 0 Å². The van der Waals surface area contributed by atoms with Gasteiger partial charge in [0.05, 0.1) is 17.0 Å². The quantitative estimate of drug-likeness (QED) is 0.691. The molecule has 1 atom stereocenters. The van der Waals surface area contributed by atoms with Gasteiger partial charge in [0.2, 0.25) is 5.91 Å².